The molecular formula is C7H13N5O2. The van der Waals surface area contributed by atoms with Crippen LogP contribution in [0, 0.1) is 10.1 Å². The van der Waals surface area contributed by atoms with E-state index in [1.165, 1.54) is 11.0 Å². The van der Waals surface area contributed by atoms with E-state index in [2.05, 4.69) is 22.3 Å². The van der Waals surface area contributed by atoms with Crippen LogP contribution < -0.4 is 5.32 Å². The molecule has 0 atom stereocenters. The summed E-state index contributed by atoms with van der Waals surface area (Å²) in [6.07, 6.45) is 2.43. The van der Waals surface area contributed by atoms with Crippen molar-refractivity contribution in [2.24, 2.45) is 0 Å². The van der Waals surface area contributed by atoms with E-state index in [9.17, 15) is 10.1 Å². The third-order valence-electron chi connectivity index (χ3n) is 1.63. The van der Waals surface area contributed by atoms with E-state index in [1.54, 1.807) is 0 Å². The van der Waals surface area contributed by atoms with Crippen molar-refractivity contribution in [3.8, 4) is 0 Å². The van der Waals surface area contributed by atoms with Crippen LogP contribution in [0.3, 0.4) is 0 Å². The molecule has 1 aromatic heterocycles. The Hall–Kier alpha value is -1.50. The second kappa shape index (κ2) is 5.28. The fourth-order valence-corrected chi connectivity index (χ4v) is 0.972. The Bertz CT molecular complexity index is 298. The molecule has 0 amide bonds. The number of nitrogens with zero attached hydrogens (tertiary/aromatic N) is 4. The summed E-state index contributed by atoms with van der Waals surface area (Å²) in [5.74, 6) is -0.347. The first-order chi connectivity index (χ1) is 6.74. The van der Waals surface area contributed by atoms with Crippen molar-refractivity contribution in [1.29, 1.82) is 0 Å². The van der Waals surface area contributed by atoms with Gasteiger partial charge in [0.25, 0.3) is 0 Å². The highest BCUT2D eigenvalue weighted by molar-refractivity contribution is 4.96. The van der Waals surface area contributed by atoms with Crippen LogP contribution in [-0.2, 0) is 6.54 Å². The first kappa shape index (κ1) is 10.6. The normalized spacial score (nSPS) is 10.4. The maximum atomic E-state index is 10.2. The number of nitro groups is 1. The van der Waals surface area contributed by atoms with Gasteiger partial charge in [-0.25, -0.2) is 0 Å². The lowest BCUT2D eigenvalue weighted by Gasteiger charge is -1.99. The average Bonchev–Trinajstić information content (AvgIpc) is 2.61. The monoisotopic (exact) mass is 199 g/mol. The largest absolute Gasteiger partial charge is 0.490 e. The van der Waals surface area contributed by atoms with Crippen LogP contribution in [0.4, 0.5) is 5.95 Å². The summed E-state index contributed by atoms with van der Waals surface area (Å²) in [6, 6.07) is 0. The SMILES string of the molecule is CCCNCCn1cnc([N+](=O)[O-])n1. The van der Waals surface area contributed by atoms with E-state index in [0.717, 1.165) is 19.5 Å². The first-order valence-electron chi connectivity index (χ1n) is 4.48. The first-order valence-corrected chi connectivity index (χ1v) is 4.48. The van der Waals surface area contributed by atoms with E-state index in [4.69, 9.17) is 0 Å². The Morgan fingerprint density at radius 3 is 3.00 bits per heavy atom. The molecule has 0 radical (unpaired) electrons. The van der Waals surface area contributed by atoms with Crippen molar-refractivity contribution in [3.05, 3.63) is 16.4 Å². The summed E-state index contributed by atoms with van der Waals surface area (Å²) in [5, 5.41) is 17.1. The number of aromatic nitrogens is 3. The van der Waals surface area contributed by atoms with E-state index >= 15 is 0 Å². The summed E-state index contributed by atoms with van der Waals surface area (Å²) in [6.45, 7) is 4.36. The quantitative estimate of drug-likeness (QED) is 0.401. The number of rotatable bonds is 6. The highest BCUT2D eigenvalue weighted by atomic mass is 16.6. The molecule has 0 aromatic carbocycles. The molecule has 0 spiro atoms. The molecule has 7 heteroatoms. The summed E-state index contributed by atoms with van der Waals surface area (Å²) in [7, 11) is 0. The van der Waals surface area contributed by atoms with Crippen molar-refractivity contribution in [2.75, 3.05) is 13.1 Å². The third-order valence-corrected chi connectivity index (χ3v) is 1.63. The summed E-state index contributed by atoms with van der Waals surface area (Å²) >= 11 is 0. The number of hydrogen-bond donors (Lipinski definition) is 1. The van der Waals surface area contributed by atoms with Crippen molar-refractivity contribution in [2.45, 2.75) is 19.9 Å². The molecule has 0 unspecified atom stereocenters. The Balaban J connectivity index is 2.33. The standard InChI is InChI=1S/C7H13N5O2/c1-2-3-8-4-5-11-6-9-7(10-11)12(13)14/h6,8H,2-5H2,1H3. The highest BCUT2D eigenvalue weighted by Crippen LogP contribution is 1.98. The lowest BCUT2D eigenvalue weighted by Crippen LogP contribution is -2.20. The molecule has 0 aliphatic heterocycles. The Morgan fingerprint density at radius 2 is 2.43 bits per heavy atom. The van der Waals surface area contributed by atoms with Gasteiger partial charge in [-0.1, -0.05) is 11.9 Å². The van der Waals surface area contributed by atoms with Gasteiger partial charge in [0.1, 0.15) is 0 Å². The predicted octanol–water partition coefficient (Wildman–Crippen LogP) is 0.186. The van der Waals surface area contributed by atoms with Crippen LogP contribution in [0.5, 0.6) is 0 Å². The predicted molar refractivity (Wildman–Crippen MR) is 49.8 cm³/mol. The van der Waals surface area contributed by atoms with Crippen molar-refractivity contribution < 1.29 is 4.92 Å². The highest BCUT2D eigenvalue weighted by Gasteiger charge is 2.11. The van der Waals surface area contributed by atoms with Crippen molar-refractivity contribution in [3.63, 3.8) is 0 Å². The van der Waals surface area contributed by atoms with Gasteiger partial charge in [0, 0.05) is 11.6 Å². The second-order valence-corrected chi connectivity index (χ2v) is 2.81. The van der Waals surface area contributed by atoms with Gasteiger partial charge in [0.2, 0.25) is 6.33 Å². The molecule has 1 heterocycles. The minimum absolute atomic E-state index is 0.347. The molecule has 14 heavy (non-hydrogen) atoms. The van der Waals surface area contributed by atoms with Crippen molar-refractivity contribution >= 4 is 5.95 Å². The third kappa shape index (κ3) is 3.09. The van der Waals surface area contributed by atoms with Gasteiger partial charge in [0.05, 0.1) is 6.54 Å². The maximum Gasteiger partial charge on any atom is 0.490 e. The lowest BCUT2D eigenvalue weighted by molar-refractivity contribution is -0.394. The van der Waals surface area contributed by atoms with Crippen molar-refractivity contribution in [1.82, 2.24) is 20.1 Å². The van der Waals surface area contributed by atoms with Crippen LogP contribution in [0.15, 0.2) is 6.33 Å². The fourth-order valence-electron chi connectivity index (χ4n) is 0.972. The van der Waals surface area contributed by atoms with E-state index in [1.807, 2.05) is 0 Å². The average molecular weight is 199 g/mol. The summed E-state index contributed by atoms with van der Waals surface area (Å²) in [5.41, 5.74) is 0. The molecule has 0 bridgehead atoms. The number of hydrogen-bond acceptors (Lipinski definition) is 5. The molecule has 0 saturated heterocycles. The van der Waals surface area contributed by atoms with Crippen LogP contribution in [-0.4, -0.2) is 32.8 Å². The zero-order valence-electron chi connectivity index (χ0n) is 8.01. The van der Waals surface area contributed by atoms with Crippen LogP contribution in [0.25, 0.3) is 0 Å². The lowest BCUT2D eigenvalue weighted by atomic mass is 10.5. The van der Waals surface area contributed by atoms with Gasteiger partial charge in [-0.15, -0.1) is 0 Å². The van der Waals surface area contributed by atoms with Crippen LogP contribution in [0.2, 0.25) is 0 Å². The van der Waals surface area contributed by atoms with Crippen LogP contribution >= 0.6 is 0 Å². The fraction of sp³-hybridized carbons (Fsp3) is 0.714. The van der Waals surface area contributed by atoms with Gasteiger partial charge >= 0.3 is 5.95 Å². The van der Waals surface area contributed by atoms with E-state index in [0.29, 0.717) is 6.54 Å². The molecule has 0 aliphatic rings. The molecule has 0 saturated carbocycles. The Morgan fingerprint density at radius 1 is 1.64 bits per heavy atom. The van der Waals surface area contributed by atoms with E-state index in [-0.39, 0.29) is 5.95 Å². The molecule has 1 N–H and O–H groups in total. The Labute approximate surface area is 81.3 Å². The van der Waals surface area contributed by atoms with Gasteiger partial charge in [-0.2, -0.15) is 4.68 Å². The Kier molecular flexibility index (Phi) is 3.99. The van der Waals surface area contributed by atoms with Gasteiger partial charge in [-0.05, 0) is 17.9 Å². The van der Waals surface area contributed by atoms with E-state index < -0.39 is 4.92 Å². The molecule has 0 fully saturated rings. The van der Waals surface area contributed by atoms with Gasteiger partial charge in [-0.3, -0.25) is 0 Å². The maximum absolute atomic E-state index is 10.2. The molecule has 1 aromatic rings. The minimum Gasteiger partial charge on any atom is -0.390 e. The molecule has 1 rings (SSSR count). The molecule has 78 valence electrons. The number of nitrogens with one attached hydrogen (secondary N) is 1. The van der Waals surface area contributed by atoms with Gasteiger partial charge < -0.3 is 15.4 Å². The second-order valence-electron chi connectivity index (χ2n) is 2.81. The molecule has 0 aliphatic carbocycles. The zero-order chi connectivity index (χ0) is 10.4. The summed E-state index contributed by atoms with van der Waals surface area (Å²) < 4.78 is 1.46. The zero-order valence-corrected chi connectivity index (χ0v) is 8.01. The topological polar surface area (TPSA) is 85.9 Å². The minimum atomic E-state index is -0.601. The molecule has 7 nitrogen and oxygen atoms in total. The van der Waals surface area contributed by atoms with Gasteiger partial charge in [0.15, 0.2) is 0 Å². The smallest absolute Gasteiger partial charge is 0.390 e. The molecular weight excluding hydrogens is 186 g/mol. The van der Waals surface area contributed by atoms with Crippen LogP contribution in [0.1, 0.15) is 13.3 Å². The summed E-state index contributed by atoms with van der Waals surface area (Å²) in [4.78, 5) is 13.2.